The van der Waals surface area contributed by atoms with Crippen LogP contribution in [0.25, 0.3) is 0 Å². The number of nitrogens with zero attached hydrogens (tertiary/aromatic N) is 2. The number of benzene rings is 2. The molecule has 1 heterocycles. The summed E-state index contributed by atoms with van der Waals surface area (Å²) in [6.07, 6.45) is 2.09. The highest BCUT2D eigenvalue weighted by Crippen LogP contribution is 2.14. The molecule has 1 aliphatic rings. The van der Waals surface area contributed by atoms with E-state index >= 15 is 0 Å². The molecule has 1 saturated heterocycles. The van der Waals surface area contributed by atoms with Crippen LogP contribution in [0.3, 0.4) is 0 Å². The normalized spacial score (nSPS) is 15.1. The van der Waals surface area contributed by atoms with Gasteiger partial charge in [0.25, 0.3) is 5.91 Å². The molecule has 1 N–H and O–H groups in total. The molecule has 1 fully saturated rings. The van der Waals surface area contributed by atoms with Gasteiger partial charge in [0.1, 0.15) is 0 Å². The van der Waals surface area contributed by atoms with Gasteiger partial charge < -0.3 is 10.2 Å². The van der Waals surface area contributed by atoms with Crippen molar-refractivity contribution in [2.45, 2.75) is 18.2 Å². The van der Waals surface area contributed by atoms with Crippen molar-refractivity contribution >= 4 is 27.3 Å². The average Bonchev–Trinajstić information content (AvgIpc) is 2.73. The predicted octanol–water partition coefficient (Wildman–Crippen LogP) is 2.05. The first-order chi connectivity index (χ1) is 14.3. The molecule has 0 atom stereocenters. The lowest BCUT2D eigenvalue weighted by Crippen LogP contribution is -2.50. The number of hydrogen-bond acceptors (Lipinski definition) is 5. The first kappa shape index (κ1) is 22.0. The summed E-state index contributed by atoms with van der Waals surface area (Å²) in [6.45, 7) is 4.70. The van der Waals surface area contributed by atoms with Crippen LogP contribution in [-0.4, -0.2) is 69.0 Å². The van der Waals surface area contributed by atoms with Crippen LogP contribution in [0, 0.1) is 0 Å². The van der Waals surface area contributed by atoms with E-state index in [0.29, 0.717) is 37.4 Å². The molecule has 30 heavy (non-hydrogen) atoms. The van der Waals surface area contributed by atoms with E-state index in [9.17, 15) is 18.0 Å². The second-order valence-electron chi connectivity index (χ2n) is 7.46. The summed E-state index contributed by atoms with van der Waals surface area (Å²) in [5, 5.41) is 2.78. The third-order valence-corrected chi connectivity index (χ3v) is 6.33. The minimum atomic E-state index is -3.26. The van der Waals surface area contributed by atoms with Crippen molar-refractivity contribution in [1.82, 2.24) is 9.80 Å². The third kappa shape index (κ3) is 5.67. The molecule has 3 rings (SSSR count). The first-order valence-corrected chi connectivity index (χ1v) is 11.9. The Hall–Kier alpha value is -2.71. The molecule has 0 aliphatic carbocycles. The van der Waals surface area contributed by atoms with Crippen molar-refractivity contribution in [2.75, 3.05) is 44.3 Å². The second kappa shape index (κ2) is 9.40. The van der Waals surface area contributed by atoms with Crippen molar-refractivity contribution in [3.8, 4) is 0 Å². The number of anilines is 1. The Morgan fingerprint density at radius 1 is 0.933 bits per heavy atom. The monoisotopic (exact) mass is 429 g/mol. The topological polar surface area (TPSA) is 86.8 Å². The molecular weight excluding hydrogens is 402 g/mol. The quantitative estimate of drug-likeness (QED) is 0.760. The van der Waals surface area contributed by atoms with Crippen LogP contribution in [0.5, 0.6) is 0 Å². The molecule has 0 unspecified atom stereocenters. The molecule has 2 aromatic rings. The van der Waals surface area contributed by atoms with Gasteiger partial charge in [-0.25, -0.2) is 8.42 Å². The van der Waals surface area contributed by atoms with Crippen molar-refractivity contribution in [3.05, 3.63) is 59.7 Å². The van der Waals surface area contributed by atoms with Gasteiger partial charge >= 0.3 is 0 Å². The maximum absolute atomic E-state index is 12.7. The van der Waals surface area contributed by atoms with Gasteiger partial charge in [0.05, 0.1) is 11.4 Å². The number of piperazine rings is 1. The molecule has 0 saturated carbocycles. The molecule has 0 aromatic heterocycles. The van der Waals surface area contributed by atoms with Gasteiger partial charge in [-0.05, 0) is 48.4 Å². The number of nitrogens with one attached hydrogen (secondary N) is 1. The van der Waals surface area contributed by atoms with Gasteiger partial charge in [0.2, 0.25) is 5.91 Å². The molecule has 7 nitrogen and oxygen atoms in total. The molecule has 2 aromatic carbocycles. The molecular formula is C22H27N3O4S. The van der Waals surface area contributed by atoms with Crippen LogP contribution in [0.4, 0.5) is 5.69 Å². The summed E-state index contributed by atoms with van der Waals surface area (Å²) in [4.78, 5) is 29.0. The van der Waals surface area contributed by atoms with Crippen molar-refractivity contribution in [3.63, 3.8) is 0 Å². The average molecular weight is 430 g/mol. The number of amides is 2. The van der Waals surface area contributed by atoms with Gasteiger partial charge in [-0.15, -0.1) is 0 Å². The van der Waals surface area contributed by atoms with Crippen molar-refractivity contribution in [2.24, 2.45) is 0 Å². The Morgan fingerprint density at radius 3 is 2.07 bits per heavy atom. The molecule has 0 radical (unpaired) electrons. The van der Waals surface area contributed by atoms with Crippen molar-refractivity contribution < 1.29 is 18.0 Å². The molecule has 0 bridgehead atoms. The number of hydrogen-bond donors (Lipinski definition) is 1. The van der Waals surface area contributed by atoms with Gasteiger partial charge in [-0.3, -0.25) is 14.5 Å². The van der Waals surface area contributed by atoms with E-state index in [4.69, 9.17) is 0 Å². The minimum Gasteiger partial charge on any atom is -0.336 e. The highest BCUT2D eigenvalue weighted by Gasteiger charge is 2.23. The zero-order chi connectivity index (χ0) is 21.7. The number of rotatable bonds is 6. The smallest absolute Gasteiger partial charge is 0.253 e. The lowest BCUT2D eigenvalue weighted by atomic mass is 10.1. The zero-order valence-electron chi connectivity index (χ0n) is 17.3. The number of carbonyl (C=O) groups is 2. The van der Waals surface area contributed by atoms with Gasteiger partial charge in [0.15, 0.2) is 9.84 Å². The van der Waals surface area contributed by atoms with E-state index in [1.54, 1.807) is 12.1 Å². The third-order valence-electron chi connectivity index (χ3n) is 5.20. The van der Waals surface area contributed by atoms with Crippen LogP contribution in [0.15, 0.2) is 53.4 Å². The van der Waals surface area contributed by atoms with E-state index in [1.807, 2.05) is 34.1 Å². The molecule has 8 heteroatoms. The molecule has 1 aliphatic heterocycles. The summed E-state index contributed by atoms with van der Waals surface area (Å²) < 4.78 is 23.0. The molecule has 2 amide bonds. The van der Waals surface area contributed by atoms with E-state index in [0.717, 1.165) is 12.7 Å². The Bertz CT molecular complexity index is 994. The van der Waals surface area contributed by atoms with Crippen LogP contribution in [-0.2, 0) is 21.1 Å². The summed E-state index contributed by atoms with van der Waals surface area (Å²) >= 11 is 0. The van der Waals surface area contributed by atoms with E-state index < -0.39 is 9.84 Å². The predicted molar refractivity (Wildman–Crippen MR) is 116 cm³/mol. The fourth-order valence-corrected chi connectivity index (χ4v) is 3.99. The summed E-state index contributed by atoms with van der Waals surface area (Å²) in [6, 6.07) is 13.8. The van der Waals surface area contributed by atoms with Crippen LogP contribution < -0.4 is 5.32 Å². The van der Waals surface area contributed by atoms with Crippen LogP contribution >= 0.6 is 0 Å². The number of sulfone groups is 1. The first-order valence-electron chi connectivity index (χ1n) is 9.97. The zero-order valence-corrected chi connectivity index (χ0v) is 18.1. The maximum Gasteiger partial charge on any atom is 0.253 e. The minimum absolute atomic E-state index is 0.0210. The lowest BCUT2D eigenvalue weighted by molar-refractivity contribution is -0.117. The SMILES string of the molecule is CCc1ccc(C(=O)N2CCN(CC(=O)Nc3ccc(S(C)(=O)=O)cc3)CC2)cc1. The fraction of sp³-hybridized carbons (Fsp3) is 0.364. The summed E-state index contributed by atoms with van der Waals surface area (Å²) in [5.74, 6) is -0.148. The Kier molecular flexibility index (Phi) is 6.89. The van der Waals surface area contributed by atoms with Crippen LogP contribution in [0.2, 0.25) is 0 Å². The summed E-state index contributed by atoms with van der Waals surface area (Å²) in [7, 11) is -3.26. The van der Waals surface area contributed by atoms with Crippen molar-refractivity contribution in [1.29, 1.82) is 0 Å². The Morgan fingerprint density at radius 2 is 1.53 bits per heavy atom. The standard InChI is InChI=1S/C22H27N3O4S/c1-3-17-4-6-18(7-5-17)22(27)25-14-12-24(13-15-25)16-21(26)23-19-8-10-20(11-9-19)30(2,28)29/h4-11H,3,12-16H2,1-2H3,(H,23,26). The van der Waals surface area contributed by atoms with E-state index in [1.165, 1.54) is 17.7 Å². The van der Waals surface area contributed by atoms with E-state index in [2.05, 4.69) is 12.2 Å². The number of aryl methyl sites for hydroxylation is 1. The molecule has 160 valence electrons. The van der Waals surface area contributed by atoms with Crippen LogP contribution in [0.1, 0.15) is 22.8 Å². The lowest BCUT2D eigenvalue weighted by Gasteiger charge is -2.34. The van der Waals surface area contributed by atoms with E-state index in [-0.39, 0.29) is 23.3 Å². The highest BCUT2D eigenvalue weighted by molar-refractivity contribution is 7.90. The molecule has 0 spiro atoms. The Balaban J connectivity index is 1.48. The second-order valence-corrected chi connectivity index (χ2v) is 9.48. The number of carbonyl (C=O) groups excluding carboxylic acids is 2. The van der Waals surface area contributed by atoms with Gasteiger partial charge in [0, 0.05) is 43.7 Å². The largest absolute Gasteiger partial charge is 0.336 e. The Labute approximate surface area is 177 Å². The fourth-order valence-electron chi connectivity index (χ4n) is 3.36. The maximum atomic E-state index is 12.7. The van der Waals surface area contributed by atoms with Gasteiger partial charge in [-0.1, -0.05) is 19.1 Å². The highest BCUT2D eigenvalue weighted by atomic mass is 32.2. The van der Waals surface area contributed by atoms with Gasteiger partial charge in [-0.2, -0.15) is 0 Å². The summed E-state index contributed by atoms with van der Waals surface area (Å²) in [5.41, 5.74) is 2.45.